The number of hydrogen-bond acceptors (Lipinski definition) is 8. The van der Waals surface area contributed by atoms with Gasteiger partial charge in [-0.3, -0.25) is 0 Å². The highest BCUT2D eigenvalue weighted by Gasteiger charge is 2.32. The van der Waals surface area contributed by atoms with E-state index in [1.165, 1.54) is 0 Å². The molecule has 0 amide bonds. The summed E-state index contributed by atoms with van der Waals surface area (Å²) in [6.45, 7) is 0. The highest BCUT2D eigenvalue weighted by molar-refractivity contribution is 5.78. The van der Waals surface area contributed by atoms with Crippen LogP contribution in [0.5, 0.6) is 5.88 Å². The fourth-order valence-electron chi connectivity index (χ4n) is 3.37. The van der Waals surface area contributed by atoms with Crippen molar-refractivity contribution in [2.45, 2.75) is 25.0 Å². The Morgan fingerprint density at radius 1 is 0.967 bits per heavy atom. The van der Waals surface area contributed by atoms with Crippen LogP contribution in [0, 0.1) is 11.3 Å². The van der Waals surface area contributed by atoms with Crippen molar-refractivity contribution in [1.82, 2.24) is 24.9 Å². The molecule has 0 aliphatic heterocycles. The summed E-state index contributed by atoms with van der Waals surface area (Å²) in [6, 6.07) is 13.6. The molecule has 0 unspecified atom stereocenters. The third kappa shape index (κ3) is 3.61. The lowest BCUT2D eigenvalue weighted by molar-refractivity contribution is 0.103. The van der Waals surface area contributed by atoms with Crippen molar-refractivity contribution >= 4 is 16.9 Å². The summed E-state index contributed by atoms with van der Waals surface area (Å²) in [6.07, 6.45) is 8.32. The number of para-hydroxylation sites is 1. The van der Waals surface area contributed by atoms with E-state index in [0.29, 0.717) is 23.2 Å². The molecule has 3 heterocycles. The standard InChI is InChI=1S/C22H17N7O/c23-11-16-6-5-15(13-26-16)20-21(25-8-7-24-20)30-18-9-17(10-18)28-22-27-12-14-3-1-2-4-19(14)29-22/h1-8,12-13,17-18H,9-10H2,(H,27,28,29). The van der Waals surface area contributed by atoms with Crippen LogP contribution in [0.3, 0.4) is 0 Å². The van der Waals surface area contributed by atoms with Gasteiger partial charge in [0.25, 0.3) is 0 Å². The smallest absolute Gasteiger partial charge is 0.240 e. The average molecular weight is 395 g/mol. The monoisotopic (exact) mass is 395 g/mol. The van der Waals surface area contributed by atoms with Crippen LogP contribution in [0.2, 0.25) is 0 Å². The second-order valence-corrected chi connectivity index (χ2v) is 7.06. The number of nitriles is 1. The number of fused-ring (bicyclic) bond motifs is 1. The van der Waals surface area contributed by atoms with Crippen molar-refractivity contribution in [3.05, 3.63) is 66.9 Å². The second-order valence-electron chi connectivity index (χ2n) is 7.06. The number of pyridine rings is 1. The quantitative estimate of drug-likeness (QED) is 0.548. The fourth-order valence-corrected chi connectivity index (χ4v) is 3.37. The predicted molar refractivity (Wildman–Crippen MR) is 111 cm³/mol. The van der Waals surface area contributed by atoms with E-state index in [0.717, 1.165) is 29.3 Å². The number of hydrogen-bond donors (Lipinski definition) is 1. The first-order valence-corrected chi connectivity index (χ1v) is 9.61. The summed E-state index contributed by atoms with van der Waals surface area (Å²) in [7, 11) is 0. The molecule has 1 aromatic carbocycles. The fraction of sp³-hybridized carbons (Fsp3) is 0.182. The minimum atomic E-state index is 0.0322. The van der Waals surface area contributed by atoms with Gasteiger partial charge in [-0.05, 0) is 18.2 Å². The van der Waals surface area contributed by atoms with E-state index in [-0.39, 0.29) is 12.1 Å². The molecular formula is C22H17N7O. The molecule has 0 spiro atoms. The minimum absolute atomic E-state index is 0.0322. The molecule has 1 aliphatic rings. The summed E-state index contributed by atoms with van der Waals surface area (Å²) in [5.74, 6) is 1.09. The molecule has 8 nitrogen and oxygen atoms in total. The van der Waals surface area contributed by atoms with E-state index in [1.807, 2.05) is 36.5 Å². The number of ether oxygens (including phenoxy) is 1. The third-order valence-corrected chi connectivity index (χ3v) is 5.01. The van der Waals surface area contributed by atoms with Crippen LogP contribution in [-0.2, 0) is 0 Å². The van der Waals surface area contributed by atoms with Gasteiger partial charge in [-0.2, -0.15) is 5.26 Å². The zero-order valence-electron chi connectivity index (χ0n) is 15.9. The lowest BCUT2D eigenvalue weighted by atomic mass is 9.89. The molecule has 5 rings (SSSR count). The number of nitrogens with one attached hydrogen (secondary N) is 1. The van der Waals surface area contributed by atoms with Gasteiger partial charge >= 0.3 is 0 Å². The molecule has 146 valence electrons. The molecule has 8 heteroatoms. The number of anilines is 1. The molecule has 30 heavy (non-hydrogen) atoms. The maximum absolute atomic E-state index is 8.91. The number of nitrogens with zero attached hydrogens (tertiary/aromatic N) is 6. The van der Waals surface area contributed by atoms with Crippen LogP contribution >= 0.6 is 0 Å². The van der Waals surface area contributed by atoms with Crippen LogP contribution in [0.25, 0.3) is 22.2 Å². The minimum Gasteiger partial charge on any atom is -0.473 e. The van der Waals surface area contributed by atoms with Gasteiger partial charge in [-0.15, -0.1) is 0 Å². The Morgan fingerprint density at radius 3 is 2.67 bits per heavy atom. The second kappa shape index (κ2) is 7.72. The molecule has 1 saturated carbocycles. The molecule has 1 N–H and O–H groups in total. The first kappa shape index (κ1) is 17.9. The van der Waals surface area contributed by atoms with E-state index in [9.17, 15) is 0 Å². The Morgan fingerprint density at radius 2 is 1.83 bits per heavy atom. The highest BCUT2D eigenvalue weighted by atomic mass is 16.5. The third-order valence-electron chi connectivity index (χ3n) is 5.01. The van der Waals surface area contributed by atoms with Gasteiger partial charge in [0.15, 0.2) is 0 Å². The summed E-state index contributed by atoms with van der Waals surface area (Å²) in [4.78, 5) is 21.8. The average Bonchev–Trinajstić information content (AvgIpc) is 2.78. The van der Waals surface area contributed by atoms with Crippen LogP contribution in [0.15, 0.2) is 61.2 Å². The maximum Gasteiger partial charge on any atom is 0.240 e. The number of benzene rings is 1. The lowest BCUT2D eigenvalue weighted by Gasteiger charge is -2.35. The molecule has 0 bridgehead atoms. The van der Waals surface area contributed by atoms with Gasteiger partial charge in [-0.25, -0.2) is 24.9 Å². The van der Waals surface area contributed by atoms with Crippen LogP contribution < -0.4 is 10.1 Å². The predicted octanol–water partition coefficient (Wildman–Crippen LogP) is 3.38. The molecule has 1 fully saturated rings. The summed E-state index contributed by atoms with van der Waals surface area (Å²) >= 11 is 0. The Hall–Kier alpha value is -4.12. The van der Waals surface area contributed by atoms with Crippen molar-refractivity contribution in [3.63, 3.8) is 0 Å². The van der Waals surface area contributed by atoms with Crippen LogP contribution in [-0.4, -0.2) is 37.1 Å². The van der Waals surface area contributed by atoms with Crippen LogP contribution in [0.4, 0.5) is 5.95 Å². The molecule has 0 atom stereocenters. The SMILES string of the molecule is N#Cc1ccc(-c2nccnc2OC2CC(Nc3ncc4ccccc4n3)C2)cn1. The lowest BCUT2D eigenvalue weighted by Crippen LogP contribution is -2.43. The van der Waals surface area contributed by atoms with Crippen molar-refractivity contribution in [3.8, 4) is 23.2 Å². The Balaban J connectivity index is 1.23. The highest BCUT2D eigenvalue weighted by Crippen LogP contribution is 2.31. The number of aromatic nitrogens is 5. The van der Waals surface area contributed by atoms with E-state index in [4.69, 9.17) is 10.00 Å². The molecule has 0 radical (unpaired) electrons. The van der Waals surface area contributed by atoms with Gasteiger partial charge in [0.1, 0.15) is 23.6 Å². The molecule has 0 saturated heterocycles. The van der Waals surface area contributed by atoms with Crippen molar-refractivity contribution in [2.24, 2.45) is 0 Å². The Kier molecular flexibility index (Phi) is 4.62. The molecule has 4 aromatic rings. The van der Waals surface area contributed by atoms with Gasteiger partial charge in [0.2, 0.25) is 11.8 Å². The van der Waals surface area contributed by atoms with E-state index in [1.54, 1.807) is 30.7 Å². The largest absolute Gasteiger partial charge is 0.473 e. The summed E-state index contributed by atoms with van der Waals surface area (Å²) in [5, 5.41) is 13.3. The van der Waals surface area contributed by atoms with Gasteiger partial charge in [-0.1, -0.05) is 18.2 Å². The van der Waals surface area contributed by atoms with E-state index < -0.39 is 0 Å². The van der Waals surface area contributed by atoms with Crippen molar-refractivity contribution in [2.75, 3.05) is 5.32 Å². The first-order chi connectivity index (χ1) is 14.8. The van der Waals surface area contributed by atoms with E-state index >= 15 is 0 Å². The normalized spacial score (nSPS) is 17.7. The van der Waals surface area contributed by atoms with Gasteiger partial charge < -0.3 is 10.1 Å². The topological polar surface area (TPSA) is 110 Å². The molecular weight excluding hydrogens is 378 g/mol. The van der Waals surface area contributed by atoms with E-state index in [2.05, 4.69) is 30.2 Å². The zero-order valence-corrected chi connectivity index (χ0v) is 15.9. The number of rotatable bonds is 5. The van der Waals surface area contributed by atoms with Gasteiger partial charge in [0.05, 0.1) is 5.52 Å². The van der Waals surface area contributed by atoms with Gasteiger partial charge in [0, 0.05) is 54.6 Å². The zero-order chi connectivity index (χ0) is 20.3. The van der Waals surface area contributed by atoms with Crippen LogP contribution in [0.1, 0.15) is 18.5 Å². The molecule has 1 aliphatic carbocycles. The maximum atomic E-state index is 8.91. The Labute approximate surface area is 172 Å². The Bertz CT molecular complexity index is 1230. The van der Waals surface area contributed by atoms with Crippen molar-refractivity contribution in [1.29, 1.82) is 5.26 Å². The first-order valence-electron chi connectivity index (χ1n) is 9.61. The summed E-state index contributed by atoms with van der Waals surface area (Å²) < 4.78 is 6.08. The summed E-state index contributed by atoms with van der Waals surface area (Å²) in [5.41, 5.74) is 2.65. The van der Waals surface area contributed by atoms with Crippen molar-refractivity contribution < 1.29 is 4.74 Å². The molecule has 3 aromatic heterocycles.